The van der Waals surface area contributed by atoms with Crippen LogP contribution in [0.2, 0.25) is 0 Å². The summed E-state index contributed by atoms with van der Waals surface area (Å²) < 4.78 is 0. The van der Waals surface area contributed by atoms with Gasteiger partial charge in [0, 0.05) is 67.9 Å². The Balaban J connectivity index is 1.31. The molecule has 2 amide bonds. The van der Waals surface area contributed by atoms with E-state index in [-0.39, 0.29) is 6.03 Å². The Morgan fingerprint density at radius 1 is 1.16 bits per heavy atom. The van der Waals surface area contributed by atoms with Gasteiger partial charge in [-0.3, -0.25) is 9.88 Å². The highest BCUT2D eigenvalue weighted by Gasteiger charge is 2.21. The van der Waals surface area contributed by atoms with Gasteiger partial charge in [0.25, 0.3) is 0 Å². The number of rotatable bonds is 3. The molecule has 128 valence electrons. The lowest BCUT2D eigenvalue weighted by Gasteiger charge is -2.34. The monoisotopic (exact) mass is 335 g/mol. The summed E-state index contributed by atoms with van der Waals surface area (Å²) in [6.07, 6.45) is 5.59. The van der Waals surface area contributed by atoms with E-state index in [4.69, 9.17) is 0 Å². The highest BCUT2D eigenvalue weighted by atomic mass is 16.2. The number of anilines is 1. The molecule has 2 aromatic heterocycles. The molecule has 3 heterocycles. The van der Waals surface area contributed by atoms with Crippen LogP contribution in [0, 0.1) is 0 Å². The molecular weight excluding hydrogens is 314 g/mol. The van der Waals surface area contributed by atoms with Gasteiger partial charge in [-0.2, -0.15) is 0 Å². The van der Waals surface area contributed by atoms with E-state index in [1.54, 1.807) is 6.20 Å². The van der Waals surface area contributed by atoms with E-state index in [0.29, 0.717) is 0 Å². The zero-order chi connectivity index (χ0) is 17.1. The lowest BCUT2D eigenvalue weighted by Crippen LogP contribution is -2.49. The Labute approximate surface area is 146 Å². The molecule has 0 atom stereocenters. The first-order valence-corrected chi connectivity index (χ1v) is 8.52. The molecule has 4 rings (SSSR count). The second kappa shape index (κ2) is 6.94. The standard InChI is InChI=1S/C19H21N5O/c25-19(22-17-3-4-18-16(12-17)5-7-21-18)24-10-8-23(9-11-24)14-15-2-1-6-20-13-15/h1-7,12-13,21H,8-11,14H2,(H,22,25). The van der Waals surface area contributed by atoms with Gasteiger partial charge >= 0.3 is 6.03 Å². The average molecular weight is 335 g/mol. The molecule has 6 nitrogen and oxygen atoms in total. The van der Waals surface area contributed by atoms with E-state index in [1.165, 1.54) is 5.56 Å². The third kappa shape index (κ3) is 3.64. The smallest absolute Gasteiger partial charge is 0.321 e. The number of amides is 2. The number of urea groups is 1. The van der Waals surface area contributed by atoms with Crippen LogP contribution < -0.4 is 5.32 Å². The molecular formula is C19H21N5O. The summed E-state index contributed by atoms with van der Waals surface area (Å²) in [5.41, 5.74) is 3.11. The van der Waals surface area contributed by atoms with Gasteiger partial charge in [0.15, 0.2) is 0 Å². The molecule has 6 heteroatoms. The van der Waals surface area contributed by atoms with Gasteiger partial charge in [0.2, 0.25) is 0 Å². The predicted octanol–water partition coefficient (Wildman–Crippen LogP) is 2.91. The summed E-state index contributed by atoms with van der Waals surface area (Å²) >= 11 is 0. The van der Waals surface area contributed by atoms with E-state index in [9.17, 15) is 4.79 Å². The second-order valence-electron chi connectivity index (χ2n) is 6.33. The zero-order valence-corrected chi connectivity index (χ0v) is 14.0. The molecule has 0 spiro atoms. The third-order valence-corrected chi connectivity index (χ3v) is 4.59. The molecule has 1 aromatic carbocycles. The first-order valence-electron chi connectivity index (χ1n) is 8.52. The normalized spacial score (nSPS) is 15.4. The molecule has 0 saturated carbocycles. The molecule has 0 radical (unpaired) electrons. The van der Waals surface area contributed by atoms with Gasteiger partial charge in [-0.1, -0.05) is 6.07 Å². The predicted molar refractivity (Wildman–Crippen MR) is 98.4 cm³/mol. The van der Waals surface area contributed by atoms with Crippen molar-refractivity contribution < 1.29 is 4.79 Å². The number of hydrogen-bond donors (Lipinski definition) is 2. The highest BCUT2D eigenvalue weighted by molar-refractivity contribution is 5.92. The van der Waals surface area contributed by atoms with Crippen molar-refractivity contribution in [2.75, 3.05) is 31.5 Å². The molecule has 25 heavy (non-hydrogen) atoms. The van der Waals surface area contributed by atoms with Crippen molar-refractivity contribution >= 4 is 22.6 Å². The first-order chi connectivity index (χ1) is 12.3. The Bertz CT molecular complexity index is 852. The molecule has 2 N–H and O–H groups in total. The average Bonchev–Trinajstić information content (AvgIpc) is 3.11. The minimum atomic E-state index is -0.0316. The minimum Gasteiger partial charge on any atom is -0.361 e. The lowest BCUT2D eigenvalue weighted by atomic mass is 10.2. The summed E-state index contributed by atoms with van der Waals surface area (Å²) in [5, 5.41) is 4.10. The van der Waals surface area contributed by atoms with Crippen molar-refractivity contribution in [1.82, 2.24) is 19.8 Å². The van der Waals surface area contributed by atoms with E-state index >= 15 is 0 Å². The number of hydrogen-bond acceptors (Lipinski definition) is 3. The molecule has 0 bridgehead atoms. The van der Waals surface area contributed by atoms with Crippen LogP contribution in [0.4, 0.5) is 10.5 Å². The van der Waals surface area contributed by atoms with Gasteiger partial charge < -0.3 is 15.2 Å². The molecule has 3 aromatic rings. The number of aromatic amines is 1. The topological polar surface area (TPSA) is 64.3 Å². The maximum Gasteiger partial charge on any atom is 0.321 e. The van der Waals surface area contributed by atoms with Crippen LogP contribution >= 0.6 is 0 Å². The fourth-order valence-corrected chi connectivity index (χ4v) is 3.19. The lowest BCUT2D eigenvalue weighted by molar-refractivity contribution is 0.143. The second-order valence-corrected chi connectivity index (χ2v) is 6.33. The van der Waals surface area contributed by atoms with Crippen LogP contribution in [0.1, 0.15) is 5.56 Å². The highest BCUT2D eigenvalue weighted by Crippen LogP contribution is 2.18. The van der Waals surface area contributed by atoms with Crippen LogP contribution in [0.25, 0.3) is 10.9 Å². The van der Waals surface area contributed by atoms with E-state index in [2.05, 4.69) is 26.3 Å². The third-order valence-electron chi connectivity index (χ3n) is 4.59. The van der Waals surface area contributed by atoms with Crippen LogP contribution in [-0.2, 0) is 6.54 Å². The van der Waals surface area contributed by atoms with Crippen molar-refractivity contribution in [2.45, 2.75) is 6.54 Å². The Hall–Kier alpha value is -2.86. The number of H-pyrrole nitrogens is 1. The molecule has 0 unspecified atom stereocenters. The summed E-state index contributed by atoms with van der Waals surface area (Å²) in [7, 11) is 0. The Morgan fingerprint density at radius 3 is 2.84 bits per heavy atom. The number of nitrogens with zero attached hydrogens (tertiary/aromatic N) is 3. The van der Waals surface area contributed by atoms with Crippen molar-refractivity contribution in [1.29, 1.82) is 0 Å². The molecule has 1 saturated heterocycles. The number of carbonyl (C=O) groups is 1. The zero-order valence-electron chi connectivity index (χ0n) is 14.0. The number of nitrogens with one attached hydrogen (secondary N) is 2. The van der Waals surface area contributed by atoms with Crippen molar-refractivity contribution in [3.63, 3.8) is 0 Å². The van der Waals surface area contributed by atoms with Gasteiger partial charge in [-0.25, -0.2) is 4.79 Å². The SMILES string of the molecule is O=C(Nc1ccc2[nH]ccc2c1)N1CCN(Cc2cccnc2)CC1. The maximum absolute atomic E-state index is 12.5. The Morgan fingerprint density at radius 2 is 2.04 bits per heavy atom. The van der Waals surface area contributed by atoms with Crippen molar-refractivity contribution in [2.24, 2.45) is 0 Å². The number of piperazine rings is 1. The Kier molecular flexibility index (Phi) is 4.35. The molecule has 1 fully saturated rings. The fourth-order valence-electron chi connectivity index (χ4n) is 3.19. The fraction of sp³-hybridized carbons (Fsp3) is 0.263. The molecule has 1 aliphatic rings. The summed E-state index contributed by atoms with van der Waals surface area (Å²) in [6.45, 7) is 4.10. The van der Waals surface area contributed by atoms with Crippen LogP contribution in [0.15, 0.2) is 55.0 Å². The number of benzene rings is 1. The maximum atomic E-state index is 12.5. The van der Waals surface area contributed by atoms with Gasteiger partial charge in [0.05, 0.1) is 0 Å². The van der Waals surface area contributed by atoms with Crippen molar-refractivity contribution in [3.05, 3.63) is 60.6 Å². The molecule has 1 aliphatic heterocycles. The summed E-state index contributed by atoms with van der Waals surface area (Å²) in [6, 6.07) is 11.9. The number of carbonyl (C=O) groups excluding carboxylic acids is 1. The van der Waals surface area contributed by atoms with Gasteiger partial charge in [-0.15, -0.1) is 0 Å². The number of aromatic nitrogens is 2. The van der Waals surface area contributed by atoms with Crippen LogP contribution in [0.3, 0.4) is 0 Å². The van der Waals surface area contributed by atoms with E-state index in [1.807, 2.05) is 47.6 Å². The molecule has 0 aliphatic carbocycles. The van der Waals surface area contributed by atoms with E-state index in [0.717, 1.165) is 49.3 Å². The minimum absolute atomic E-state index is 0.0316. The summed E-state index contributed by atoms with van der Waals surface area (Å²) in [5.74, 6) is 0. The van der Waals surface area contributed by atoms with Crippen LogP contribution in [0.5, 0.6) is 0 Å². The van der Waals surface area contributed by atoms with E-state index < -0.39 is 0 Å². The number of fused-ring (bicyclic) bond motifs is 1. The summed E-state index contributed by atoms with van der Waals surface area (Å²) in [4.78, 5) is 24.0. The van der Waals surface area contributed by atoms with Gasteiger partial charge in [-0.05, 0) is 35.9 Å². The first kappa shape index (κ1) is 15.7. The quantitative estimate of drug-likeness (QED) is 0.773. The van der Waals surface area contributed by atoms with Crippen molar-refractivity contribution in [3.8, 4) is 0 Å². The largest absolute Gasteiger partial charge is 0.361 e. The van der Waals surface area contributed by atoms with Gasteiger partial charge in [0.1, 0.15) is 0 Å². The van der Waals surface area contributed by atoms with Crippen LogP contribution in [-0.4, -0.2) is 52.0 Å². The number of pyridine rings is 1.